The Hall–Kier alpha value is -1.02. The zero-order chi connectivity index (χ0) is 18.4. The predicted molar refractivity (Wildman–Crippen MR) is 106 cm³/mol. The number of hydrogen-bond acceptors (Lipinski definition) is 2. The van der Waals surface area contributed by atoms with Crippen molar-refractivity contribution < 1.29 is 9.59 Å². The number of amides is 2. The van der Waals surface area contributed by atoms with Crippen molar-refractivity contribution in [1.29, 1.82) is 0 Å². The van der Waals surface area contributed by atoms with Crippen LogP contribution in [0.1, 0.15) is 25.0 Å². The molecule has 0 aliphatic carbocycles. The lowest BCUT2D eigenvalue weighted by atomic mass is 10.1. The van der Waals surface area contributed by atoms with Crippen molar-refractivity contribution >= 4 is 53.9 Å². The van der Waals surface area contributed by atoms with Crippen molar-refractivity contribution in [3.8, 4) is 0 Å². The molecule has 0 fully saturated rings. The number of rotatable bonds is 4. The van der Waals surface area contributed by atoms with E-state index in [-0.39, 0.29) is 16.9 Å². The number of hydrogen-bond donors (Lipinski definition) is 0. The third-order valence-corrected chi connectivity index (χ3v) is 8.15. The van der Waals surface area contributed by atoms with Crippen LogP contribution in [0.2, 0.25) is 5.02 Å². The van der Waals surface area contributed by atoms with E-state index in [1.165, 1.54) is 4.90 Å². The molecule has 0 spiro atoms. The van der Waals surface area contributed by atoms with E-state index < -0.39 is 6.89 Å². The molecule has 1 aromatic rings. The summed E-state index contributed by atoms with van der Waals surface area (Å²) in [6.45, 7) is 7.83. The second-order valence-electron chi connectivity index (χ2n) is 6.84. The maximum Gasteiger partial charge on any atom is 0.261 e. The molecule has 1 aromatic carbocycles. The number of aryl methyl sites for hydroxylation is 1. The lowest BCUT2D eigenvalue weighted by Gasteiger charge is -2.23. The molecule has 2 amide bonds. The van der Waals surface area contributed by atoms with Gasteiger partial charge in [0.2, 0.25) is 0 Å². The van der Waals surface area contributed by atoms with Crippen LogP contribution < -0.4 is 4.90 Å². The van der Waals surface area contributed by atoms with Crippen LogP contribution in [-0.2, 0) is 16.0 Å². The molecule has 130 valence electrons. The average Bonchev–Trinajstić information content (AvgIpc) is 2.65. The summed E-state index contributed by atoms with van der Waals surface area (Å²) in [7, 11) is 0. The largest absolute Gasteiger partial charge is 0.269 e. The van der Waals surface area contributed by atoms with E-state index in [2.05, 4.69) is 19.6 Å². The molecule has 0 saturated heterocycles. The number of carbonyl (C=O) groups is 2. The van der Waals surface area contributed by atoms with Crippen LogP contribution in [0.25, 0.3) is 0 Å². The molecule has 0 bridgehead atoms. The minimum atomic E-state index is -1.49. The molecule has 1 unspecified atom stereocenters. The van der Waals surface area contributed by atoms with Crippen LogP contribution in [0.3, 0.4) is 0 Å². The van der Waals surface area contributed by atoms with Gasteiger partial charge in [-0.05, 0) is 63.8 Å². The van der Waals surface area contributed by atoms with E-state index >= 15 is 0 Å². The van der Waals surface area contributed by atoms with Crippen LogP contribution in [0.4, 0.5) is 5.69 Å². The third kappa shape index (κ3) is 3.49. The highest BCUT2D eigenvalue weighted by Crippen LogP contribution is 2.46. The molecule has 1 aliphatic heterocycles. The summed E-state index contributed by atoms with van der Waals surface area (Å²) in [5, 5.41) is 0.480. The van der Waals surface area contributed by atoms with Gasteiger partial charge < -0.3 is 0 Å². The molecule has 1 heterocycles. The normalized spacial score (nSPS) is 17.0. The standard InChI is InChI=1S/C18H22Cl2NO2P/c1-10-7-14(19)13(9-16(20)24(4,5)6)8-15(10)21-17(22)11(2)12(3)18(21)23/h7-8,16H,4,9H2,1-3,5-6H3. The van der Waals surface area contributed by atoms with Gasteiger partial charge in [-0.2, -0.15) is 0 Å². The van der Waals surface area contributed by atoms with Crippen molar-refractivity contribution in [2.24, 2.45) is 0 Å². The second kappa shape index (κ2) is 6.71. The monoisotopic (exact) mass is 385 g/mol. The van der Waals surface area contributed by atoms with Gasteiger partial charge in [0.05, 0.1) is 10.8 Å². The molecule has 2 rings (SSSR count). The van der Waals surface area contributed by atoms with Gasteiger partial charge in [0.25, 0.3) is 11.8 Å². The SMILES string of the molecule is C=P(C)(C)C(Cl)Cc1cc(N2C(=O)C(C)=C(C)C2=O)c(C)cc1Cl. The summed E-state index contributed by atoms with van der Waals surface area (Å²) in [4.78, 5) is 26.1. The van der Waals surface area contributed by atoms with E-state index in [1.807, 2.05) is 13.0 Å². The van der Waals surface area contributed by atoms with Crippen molar-refractivity contribution in [2.45, 2.75) is 32.3 Å². The molecule has 6 heteroatoms. The summed E-state index contributed by atoms with van der Waals surface area (Å²) in [6.07, 6.45) is 4.72. The van der Waals surface area contributed by atoms with Crippen LogP contribution in [0, 0.1) is 6.92 Å². The first-order chi connectivity index (χ1) is 10.9. The summed E-state index contributed by atoms with van der Waals surface area (Å²) in [5.41, 5.74) is 3.15. The molecule has 0 N–H and O–H groups in total. The van der Waals surface area contributed by atoms with Crippen molar-refractivity contribution in [1.82, 2.24) is 0 Å². The number of nitrogens with zero attached hydrogens (tertiary/aromatic N) is 1. The number of benzene rings is 1. The van der Waals surface area contributed by atoms with Crippen LogP contribution in [-0.4, -0.2) is 36.6 Å². The Morgan fingerprint density at radius 3 is 2.08 bits per heavy atom. The van der Waals surface area contributed by atoms with E-state index in [0.717, 1.165) is 11.1 Å². The molecule has 0 saturated carbocycles. The van der Waals surface area contributed by atoms with E-state index in [4.69, 9.17) is 23.2 Å². The summed E-state index contributed by atoms with van der Waals surface area (Å²) >= 11 is 12.9. The van der Waals surface area contributed by atoms with E-state index in [0.29, 0.717) is 28.3 Å². The van der Waals surface area contributed by atoms with E-state index in [9.17, 15) is 9.59 Å². The van der Waals surface area contributed by atoms with Crippen LogP contribution in [0.5, 0.6) is 0 Å². The first-order valence-corrected chi connectivity index (χ1v) is 11.4. The minimum absolute atomic E-state index is 0.114. The first kappa shape index (κ1) is 19.3. The topological polar surface area (TPSA) is 37.4 Å². The van der Waals surface area contributed by atoms with Crippen LogP contribution in [0.15, 0.2) is 23.3 Å². The van der Waals surface area contributed by atoms with Gasteiger partial charge in [0, 0.05) is 16.2 Å². The highest BCUT2D eigenvalue weighted by molar-refractivity contribution is 7.74. The maximum absolute atomic E-state index is 12.4. The number of alkyl halides is 1. The summed E-state index contributed by atoms with van der Waals surface area (Å²) in [6, 6.07) is 3.60. The minimum Gasteiger partial charge on any atom is -0.269 e. The quantitative estimate of drug-likeness (QED) is 0.428. The molecule has 0 aromatic heterocycles. The lowest BCUT2D eigenvalue weighted by Crippen LogP contribution is -2.32. The Kier molecular flexibility index (Phi) is 5.40. The number of anilines is 1. The van der Waals surface area contributed by atoms with Gasteiger partial charge in [0.15, 0.2) is 0 Å². The van der Waals surface area contributed by atoms with E-state index in [1.54, 1.807) is 19.9 Å². The fraction of sp³-hybridized carbons (Fsp3) is 0.389. The second-order valence-corrected chi connectivity index (χ2v) is 12.3. The molecule has 3 nitrogen and oxygen atoms in total. The van der Waals surface area contributed by atoms with Crippen molar-refractivity contribution in [3.05, 3.63) is 39.4 Å². The number of carbonyl (C=O) groups excluding carboxylic acids is 2. The zero-order valence-corrected chi connectivity index (χ0v) is 17.0. The smallest absolute Gasteiger partial charge is 0.261 e. The van der Waals surface area contributed by atoms with Gasteiger partial charge >= 0.3 is 0 Å². The Bertz CT molecular complexity index is 783. The molecular weight excluding hydrogens is 364 g/mol. The van der Waals surface area contributed by atoms with Crippen LogP contribution >= 0.6 is 30.1 Å². The predicted octanol–water partition coefficient (Wildman–Crippen LogP) is 4.67. The molecular formula is C18H22Cl2NO2P. The van der Waals surface area contributed by atoms with Gasteiger partial charge in [-0.3, -0.25) is 9.59 Å². The first-order valence-electron chi connectivity index (χ1n) is 7.62. The van der Waals surface area contributed by atoms with Gasteiger partial charge in [0.1, 0.15) is 0 Å². The Labute approximate surface area is 153 Å². The van der Waals surface area contributed by atoms with Crippen molar-refractivity contribution in [3.63, 3.8) is 0 Å². The molecule has 1 atom stereocenters. The Morgan fingerprint density at radius 1 is 1.12 bits per heavy atom. The maximum atomic E-state index is 12.4. The van der Waals surface area contributed by atoms with Crippen molar-refractivity contribution in [2.75, 3.05) is 18.2 Å². The number of imide groups is 1. The number of halogens is 2. The highest BCUT2D eigenvalue weighted by atomic mass is 35.5. The Morgan fingerprint density at radius 2 is 1.62 bits per heavy atom. The highest BCUT2D eigenvalue weighted by Gasteiger charge is 2.35. The molecule has 24 heavy (non-hydrogen) atoms. The fourth-order valence-corrected chi connectivity index (χ4v) is 3.65. The molecule has 1 aliphatic rings. The summed E-state index contributed by atoms with van der Waals surface area (Å²) < 4.78 is 0. The Balaban J connectivity index is 2.47. The summed E-state index contributed by atoms with van der Waals surface area (Å²) in [5.74, 6) is -0.553. The van der Waals surface area contributed by atoms with Gasteiger partial charge in [-0.1, -0.05) is 24.8 Å². The third-order valence-electron chi connectivity index (χ3n) is 4.36. The average molecular weight is 386 g/mol. The lowest BCUT2D eigenvalue weighted by molar-refractivity contribution is -0.120. The van der Waals surface area contributed by atoms with Gasteiger partial charge in [-0.25, -0.2) is 4.90 Å². The zero-order valence-electron chi connectivity index (χ0n) is 14.6. The molecule has 0 radical (unpaired) electrons. The van der Waals surface area contributed by atoms with Gasteiger partial charge in [-0.15, -0.1) is 11.6 Å². The fourth-order valence-electron chi connectivity index (χ4n) is 2.50.